The predicted molar refractivity (Wildman–Crippen MR) is 188 cm³/mol. The van der Waals surface area contributed by atoms with Gasteiger partial charge in [-0.25, -0.2) is 4.57 Å². The van der Waals surface area contributed by atoms with Crippen molar-refractivity contribution >= 4 is 19.8 Å². The molecule has 9 nitrogen and oxygen atoms in total. The lowest BCUT2D eigenvalue weighted by atomic mass is 10.1. The first kappa shape index (κ1) is 44.8. The molecule has 0 fully saturated rings. The van der Waals surface area contributed by atoms with Gasteiger partial charge in [-0.2, -0.15) is 0 Å². The van der Waals surface area contributed by atoms with Crippen molar-refractivity contribution in [2.45, 2.75) is 161 Å². The summed E-state index contributed by atoms with van der Waals surface area (Å²) in [5.74, 6) is -0.814. The van der Waals surface area contributed by atoms with E-state index in [-0.39, 0.29) is 32.0 Å². The molecule has 0 heterocycles. The topological polar surface area (TPSA) is 108 Å². The molecule has 0 aromatic heterocycles. The van der Waals surface area contributed by atoms with E-state index in [4.69, 9.17) is 18.5 Å². The van der Waals surface area contributed by atoms with Crippen LogP contribution in [0.25, 0.3) is 0 Å². The van der Waals surface area contributed by atoms with Crippen molar-refractivity contribution in [2.75, 3.05) is 47.5 Å². The van der Waals surface area contributed by atoms with Gasteiger partial charge in [0.2, 0.25) is 0 Å². The van der Waals surface area contributed by atoms with Gasteiger partial charge in [-0.3, -0.25) is 18.6 Å². The number of carbonyl (C=O) groups is 2. The van der Waals surface area contributed by atoms with Gasteiger partial charge in [0.05, 0.1) is 27.7 Å². The second-order valence-electron chi connectivity index (χ2n) is 13.6. The quantitative estimate of drug-likeness (QED) is 0.0241. The molecule has 0 aliphatic heterocycles. The SMILES string of the molecule is CCCCCCCC/C=C/CCCCCCCC(=O)OC[C@@H](COP(=O)(O)OCC[N+](C)(C)C)OC(=O)CCCCCCCCC. The van der Waals surface area contributed by atoms with E-state index in [1.54, 1.807) is 0 Å². The monoisotopic (exact) mass is 676 g/mol. The fourth-order valence-electron chi connectivity index (χ4n) is 4.83. The number of phosphoric acid groups is 1. The van der Waals surface area contributed by atoms with Crippen LogP contribution in [0.15, 0.2) is 12.2 Å². The zero-order valence-electron chi connectivity index (χ0n) is 30.3. The fourth-order valence-corrected chi connectivity index (χ4v) is 5.57. The minimum Gasteiger partial charge on any atom is -0.462 e. The van der Waals surface area contributed by atoms with Crippen molar-refractivity contribution in [3.63, 3.8) is 0 Å². The number of nitrogens with zero attached hydrogens (tertiary/aromatic N) is 1. The zero-order chi connectivity index (χ0) is 34.4. The smallest absolute Gasteiger partial charge is 0.462 e. The number of ether oxygens (including phenoxy) is 2. The number of allylic oxidation sites excluding steroid dienone is 2. The maximum atomic E-state index is 12.5. The number of rotatable bonds is 33. The molecule has 0 aliphatic rings. The van der Waals surface area contributed by atoms with Crippen molar-refractivity contribution in [3.8, 4) is 0 Å². The average Bonchev–Trinajstić information content (AvgIpc) is 2.99. The van der Waals surface area contributed by atoms with Crippen molar-refractivity contribution in [3.05, 3.63) is 12.2 Å². The summed E-state index contributed by atoms with van der Waals surface area (Å²) >= 11 is 0. The molecule has 1 N–H and O–H groups in total. The van der Waals surface area contributed by atoms with E-state index in [1.165, 1.54) is 64.2 Å². The molecule has 0 amide bonds. The Morgan fingerprint density at radius 2 is 1.11 bits per heavy atom. The van der Waals surface area contributed by atoms with E-state index in [9.17, 15) is 19.0 Å². The van der Waals surface area contributed by atoms with Gasteiger partial charge in [-0.15, -0.1) is 0 Å². The van der Waals surface area contributed by atoms with Crippen LogP contribution in [0.2, 0.25) is 0 Å². The third-order valence-corrected chi connectivity index (χ3v) is 8.78. The van der Waals surface area contributed by atoms with Crippen LogP contribution in [-0.4, -0.2) is 74.9 Å². The molecule has 2 atom stereocenters. The lowest BCUT2D eigenvalue weighted by molar-refractivity contribution is -0.870. The Balaban J connectivity index is 4.37. The van der Waals surface area contributed by atoms with Crippen molar-refractivity contribution in [1.29, 1.82) is 0 Å². The lowest BCUT2D eigenvalue weighted by Gasteiger charge is -2.24. The first-order chi connectivity index (χ1) is 22.0. The Labute approximate surface area is 282 Å². The molecule has 0 spiro atoms. The van der Waals surface area contributed by atoms with Gasteiger partial charge >= 0.3 is 19.8 Å². The van der Waals surface area contributed by atoms with Crippen LogP contribution < -0.4 is 0 Å². The van der Waals surface area contributed by atoms with Gasteiger partial charge in [0, 0.05) is 12.8 Å². The Morgan fingerprint density at radius 3 is 1.61 bits per heavy atom. The Kier molecular flexibility index (Phi) is 29.0. The molecule has 0 aromatic carbocycles. The highest BCUT2D eigenvalue weighted by atomic mass is 31.2. The molecule has 0 saturated carbocycles. The second-order valence-corrected chi connectivity index (χ2v) is 15.1. The summed E-state index contributed by atoms with van der Waals surface area (Å²) in [6.07, 6.45) is 27.0. The molecule has 0 aromatic rings. The molecule has 0 saturated heterocycles. The summed E-state index contributed by atoms with van der Waals surface area (Å²) in [6.45, 7) is 4.34. The summed E-state index contributed by atoms with van der Waals surface area (Å²) < 4.78 is 34.0. The van der Waals surface area contributed by atoms with E-state index in [1.807, 2.05) is 21.1 Å². The summed E-state index contributed by atoms with van der Waals surface area (Å²) in [7, 11) is 1.47. The molecular formula is C36H71NO8P+. The van der Waals surface area contributed by atoms with E-state index >= 15 is 0 Å². The van der Waals surface area contributed by atoms with Crippen LogP contribution in [-0.2, 0) is 32.7 Å². The Bertz CT molecular complexity index is 814. The highest BCUT2D eigenvalue weighted by Gasteiger charge is 2.27. The van der Waals surface area contributed by atoms with Crippen LogP contribution in [0, 0.1) is 0 Å². The van der Waals surface area contributed by atoms with E-state index < -0.39 is 26.5 Å². The third-order valence-electron chi connectivity index (χ3n) is 7.80. The summed E-state index contributed by atoms with van der Waals surface area (Å²) in [5.41, 5.74) is 0. The molecule has 272 valence electrons. The number of quaternary nitrogens is 1. The van der Waals surface area contributed by atoms with Crippen LogP contribution in [0.1, 0.15) is 155 Å². The minimum atomic E-state index is -4.36. The molecule has 0 radical (unpaired) electrons. The van der Waals surface area contributed by atoms with Crippen molar-refractivity contribution in [2.24, 2.45) is 0 Å². The summed E-state index contributed by atoms with van der Waals surface area (Å²) in [6, 6.07) is 0. The lowest BCUT2D eigenvalue weighted by Crippen LogP contribution is -2.37. The Morgan fingerprint density at radius 1 is 0.652 bits per heavy atom. The number of esters is 2. The molecule has 1 unspecified atom stereocenters. The fraction of sp³-hybridized carbons (Fsp3) is 0.889. The Hall–Kier alpha value is -1.25. The number of hydrogen-bond donors (Lipinski definition) is 1. The van der Waals surface area contributed by atoms with Gasteiger partial charge in [0.15, 0.2) is 6.10 Å². The standard InChI is InChI=1S/C36H70NO8P/c1-6-8-10-12-14-15-16-17-18-19-20-21-23-24-26-28-35(38)42-32-34(33-44-46(40,41)43-31-30-37(3,4)5)45-36(39)29-27-25-22-13-11-9-7-2/h17-18,34H,6-16,19-33H2,1-5H3/p+1/b18-17+/t34-/m0/s1. The van der Waals surface area contributed by atoms with Gasteiger partial charge in [0.1, 0.15) is 19.8 Å². The highest BCUT2D eigenvalue weighted by molar-refractivity contribution is 7.47. The van der Waals surface area contributed by atoms with Gasteiger partial charge < -0.3 is 18.9 Å². The normalized spacial score (nSPS) is 14.0. The van der Waals surface area contributed by atoms with Crippen LogP contribution in [0.4, 0.5) is 0 Å². The number of likely N-dealkylation sites (N-methyl/N-ethyl adjacent to an activating group) is 1. The molecule has 46 heavy (non-hydrogen) atoms. The van der Waals surface area contributed by atoms with Gasteiger partial charge in [-0.05, 0) is 38.5 Å². The van der Waals surface area contributed by atoms with Crippen molar-refractivity contribution < 1.29 is 42.1 Å². The molecule has 0 rings (SSSR count). The zero-order valence-corrected chi connectivity index (χ0v) is 31.2. The second kappa shape index (κ2) is 29.9. The molecule has 0 bridgehead atoms. The first-order valence-corrected chi connectivity index (χ1v) is 19.9. The largest absolute Gasteiger partial charge is 0.472 e. The van der Waals surface area contributed by atoms with Crippen LogP contribution in [0.3, 0.4) is 0 Å². The third kappa shape index (κ3) is 32.7. The van der Waals surface area contributed by atoms with E-state index in [0.717, 1.165) is 57.8 Å². The van der Waals surface area contributed by atoms with E-state index in [0.29, 0.717) is 17.4 Å². The summed E-state index contributed by atoms with van der Waals surface area (Å²) in [5, 5.41) is 0. The van der Waals surface area contributed by atoms with Crippen LogP contribution >= 0.6 is 7.82 Å². The number of hydrogen-bond acceptors (Lipinski definition) is 7. The van der Waals surface area contributed by atoms with E-state index in [2.05, 4.69) is 26.0 Å². The van der Waals surface area contributed by atoms with Crippen LogP contribution in [0.5, 0.6) is 0 Å². The number of unbranched alkanes of at least 4 members (excludes halogenated alkanes) is 17. The van der Waals surface area contributed by atoms with Crippen molar-refractivity contribution in [1.82, 2.24) is 0 Å². The highest BCUT2D eigenvalue weighted by Crippen LogP contribution is 2.43. The summed E-state index contributed by atoms with van der Waals surface area (Å²) in [4.78, 5) is 34.9. The predicted octanol–water partition coefficient (Wildman–Crippen LogP) is 9.46. The molecular weight excluding hydrogens is 605 g/mol. The average molecular weight is 677 g/mol. The number of carbonyl (C=O) groups excluding carboxylic acids is 2. The first-order valence-electron chi connectivity index (χ1n) is 18.4. The maximum Gasteiger partial charge on any atom is 0.472 e. The minimum absolute atomic E-state index is 0.0327. The maximum absolute atomic E-state index is 12.5. The molecule has 10 heteroatoms. The van der Waals surface area contributed by atoms with Gasteiger partial charge in [-0.1, -0.05) is 116 Å². The van der Waals surface area contributed by atoms with Gasteiger partial charge in [0.25, 0.3) is 0 Å². The number of phosphoric ester groups is 1. The molecule has 0 aliphatic carbocycles.